The molecule has 0 unspecified atom stereocenters. The molecule has 134 valence electrons. The minimum atomic E-state index is -0.447. The summed E-state index contributed by atoms with van der Waals surface area (Å²) in [4.78, 5) is 24.2. The molecule has 0 atom stereocenters. The van der Waals surface area contributed by atoms with E-state index in [0.717, 1.165) is 10.9 Å². The summed E-state index contributed by atoms with van der Waals surface area (Å²) in [5.74, 6) is 0.743. The van der Waals surface area contributed by atoms with Crippen molar-refractivity contribution in [3.63, 3.8) is 0 Å². The SMILES string of the molecule is COc1ccc(C(=O)NCc2cc(=O)oc3ccc(C)cc23)cc1OC. The molecule has 0 aliphatic carbocycles. The van der Waals surface area contributed by atoms with Crippen molar-refractivity contribution in [3.8, 4) is 11.5 Å². The van der Waals surface area contributed by atoms with Gasteiger partial charge in [-0.2, -0.15) is 0 Å². The molecule has 0 saturated carbocycles. The lowest BCUT2D eigenvalue weighted by molar-refractivity contribution is 0.0950. The van der Waals surface area contributed by atoms with Crippen LogP contribution in [0.4, 0.5) is 0 Å². The van der Waals surface area contributed by atoms with Gasteiger partial charge in [0.25, 0.3) is 5.91 Å². The number of methoxy groups -OCH3 is 2. The first kappa shape index (κ1) is 17.5. The Labute approximate surface area is 150 Å². The maximum atomic E-state index is 12.5. The Bertz CT molecular complexity index is 1020. The zero-order valence-electron chi connectivity index (χ0n) is 14.8. The van der Waals surface area contributed by atoms with E-state index in [4.69, 9.17) is 13.9 Å². The molecule has 0 bridgehead atoms. The van der Waals surface area contributed by atoms with E-state index >= 15 is 0 Å². The molecule has 0 spiro atoms. The van der Waals surface area contributed by atoms with Crippen LogP contribution < -0.4 is 20.4 Å². The summed E-state index contributed by atoms with van der Waals surface area (Å²) in [6, 6.07) is 11.9. The molecule has 1 amide bonds. The molecule has 3 aromatic rings. The van der Waals surface area contributed by atoms with Gasteiger partial charge in [0.2, 0.25) is 0 Å². The van der Waals surface area contributed by atoms with Gasteiger partial charge in [-0.3, -0.25) is 4.79 Å². The Balaban J connectivity index is 1.85. The molecule has 3 rings (SSSR count). The minimum absolute atomic E-state index is 0.207. The molecule has 6 nitrogen and oxygen atoms in total. The first-order valence-electron chi connectivity index (χ1n) is 8.05. The third kappa shape index (κ3) is 3.54. The summed E-state index contributed by atoms with van der Waals surface area (Å²) < 4.78 is 15.6. The van der Waals surface area contributed by atoms with Crippen LogP contribution in [0.2, 0.25) is 0 Å². The van der Waals surface area contributed by atoms with Crippen molar-refractivity contribution in [2.75, 3.05) is 14.2 Å². The molecule has 2 aromatic carbocycles. The lowest BCUT2D eigenvalue weighted by Gasteiger charge is -2.11. The van der Waals surface area contributed by atoms with Crippen LogP contribution in [0.5, 0.6) is 11.5 Å². The smallest absolute Gasteiger partial charge is 0.336 e. The zero-order chi connectivity index (χ0) is 18.7. The van der Waals surface area contributed by atoms with E-state index < -0.39 is 5.63 Å². The normalized spacial score (nSPS) is 10.6. The monoisotopic (exact) mass is 353 g/mol. The summed E-state index contributed by atoms with van der Waals surface area (Å²) in [5.41, 5.74) is 2.23. The number of carbonyl (C=O) groups excluding carboxylic acids is 1. The zero-order valence-corrected chi connectivity index (χ0v) is 14.8. The number of ether oxygens (including phenoxy) is 2. The molecule has 0 aliphatic heterocycles. The first-order valence-corrected chi connectivity index (χ1v) is 8.05. The second kappa shape index (κ2) is 7.31. The van der Waals surface area contributed by atoms with Gasteiger partial charge in [-0.05, 0) is 42.8 Å². The van der Waals surface area contributed by atoms with Gasteiger partial charge in [-0.1, -0.05) is 11.6 Å². The molecular formula is C20H19NO5. The number of fused-ring (bicyclic) bond motifs is 1. The van der Waals surface area contributed by atoms with Crippen LogP contribution in [0.3, 0.4) is 0 Å². The van der Waals surface area contributed by atoms with Gasteiger partial charge in [0.05, 0.1) is 14.2 Å². The van der Waals surface area contributed by atoms with Crippen LogP contribution in [0, 0.1) is 6.92 Å². The maximum Gasteiger partial charge on any atom is 0.336 e. The number of carbonyl (C=O) groups is 1. The van der Waals surface area contributed by atoms with Gasteiger partial charge < -0.3 is 19.2 Å². The summed E-state index contributed by atoms with van der Waals surface area (Å²) in [7, 11) is 3.04. The lowest BCUT2D eigenvalue weighted by Crippen LogP contribution is -2.23. The van der Waals surface area contributed by atoms with Crippen molar-refractivity contribution in [1.29, 1.82) is 0 Å². The van der Waals surface area contributed by atoms with Gasteiger partial charge in [0, 0.05) is 23.6 Å². The fourth-order valence-electron chi connectivity index (χ4n) is 2.74. The Morgan fingerprint density at radius 2 is 1.81 bits per heavy atom. The Kier molecular flexibility index (Phi) is 4.93. The van der Waals surface area contributed by atoms with Gasteiger partial charge in [-0.25, -0.2) is 4.79 Å². The largest absolute Gasteiger partial charge is 0.493 e. The summed E-state index contributed by atoms with van der Waals surface area (Å²) in [6.07, 6.45) is 0. The van der Waals surface area contributed by atoms with Gasteiger partial charge in [0.1, 0.15) is 5.58 Å². The molecule has 0 fully saturated rings. The highest BCUT2D eigenvalue weighted by Crippen LogP contribution is 2.27. The predicted molar refractivity (Wildman–Crippen MR) is 97.9 cm³/mol. The Morgan fingerprint density at radius 3 is 2.54 bits per heavy atom. The third-order valence-corrected chi connectivity index (χ3v) is 4.07. The number of aryl methyl sites for hydroxylation is 1. The van der Waals surface area contributed by atoms with Crippen LogP contribution in [0.25, 0.3) is 11.0 Å². The van der Waals surface area contributed by atoms with Crippen molar-refractivity contribution in [2.24, 2.45) is 0 Å². The summed E-state index contributed by atoms with van der Waals surface area (Å²) >= 11 is 0. The van der Waals surface area contributed by atoms with E-state index in [1.54, 1.807) is 24.3 Å². The van der Waals surface area contributed by atoms with Crippen molar-refractivity contribution in [1.82, 2.24) is 5.32 Å². The average Bonchev–Trinajstić information content (AvgIpc) is 2.65. The topological polar surface area (TPSA) is 77.8 Å². The quantitative estimate of drug-likeness (QED) is 0.714. The lowest BCUT2D eigenvalue weighted by atomic mass is 10.1. The first-order chi connectivity index (χ1) is 12.5. The number of benzene rings is 2. The molecule has 1 N–H and O–H groups in total. The number of hydrogen-bond donors (Lipinski definition) is 1. The van der Waals surface area contributed by atoms with Crippen LogP contribution in [0.1, 0.15) is 21.5 Å². The third-order valence-electron chi connectivity index (χ3n) is 4.07. The molecule has 0 aliphatic rings. The Morgan fingerprint density at radius 1 is 1.04 bits per heavy atom. The average molecular weight is 353 g/mol. The van der Waals surface area contributed by atoms with Crippen LogP contribution >= 0.6 is 0 Å². The van der Waals surface area contributed by atoms with E-state index in [0.29, 0.717) is 28.2 Å². The number of nitrogens with one attached hydrogen (secondary N) is 1. The summed E-state index contributed by atoms with van der Waals surface area (Å²) in [5, 5.41) is 3.63. The number of hydrogen-bond acceptors (Lipinski definition) is 5. The van der Waals surface area contributed by atoms with Gasteiger partial charge >= 0.3 is 5.63 Å². The minimum Gasteiger partial charge on any atom is -0.493 e. The van der Waals surface area contributed by atoms with Crippen LogP contribution in [-0.2, 0) is 6.54 Å². The highest BCUT2D eigenvalue weighted by molar-refractivity contribution is 5.95. The van der Waals surface area contributed by atoms with Crippen LogP contribution in [-0.4, -0.2) is 20.1 Å². The van der Waals surface area contributed by atoms with E-state index in [9.17, 15) is 9.59 Å². The fourth-order valence-corrected chi connectivity index (χ4v) is 2.74. The van der Waals surface area contributed by atoms with Gasteiger partial charge in [0.15, 0.2) is 11.5 Å². The standard InChI is InChI=1S/C20H19NO5/c1-12-4-6-16-15(8-12)14(10-19(22)26-16)11-21-20(23)13-5-7-17(24-2)18(9-13)25-3/h4-10H,11H2,1-3H3,(H,21,23). The summed E-state index contributed by atoms with van der Waals surface area (Å²) in [6.45, 7) is 2.16. The van der Waals surface area contributed by atoms with Crippen molar-refractivity contribution >= 4 is 16.9 Å². The molecule has 1 aromatic heterocycles. The van der Waals surface area contributed by atoms with Crippen molar-refractivity contribution in [2.45, 2.75) is 13.5 Å². The second-order valence-electron chi connectivity index (χ2n) is 5.84. The molecule has 26 heavy (non-hydrogen) atoms. The maximum absolute atomic E-state index is 12.5. The fraction of sp³-hybridized carbons (Fsp3) is 0.200. The Hall–Kier alpha value is -3.28. The molecule has 0 radical (unpaired) electrons. The van der Waals surface area contributed by atoms with Crippen molar-refractivity contribution < 1.29 is 18.7 Å². The van der Waals surface area contributed by atoms with E-state index in [1.807, 2.05) is 19.1 Å². The van der Waals surface area contributed by atoms with Crippen molar-refractivity contribution in [3.05, 3.63) is 69.6 Å². The van der Waals surface area contributed by atoms with E-state index in [1.165, 1.54) is 20.3 Å². The highest BCUT2D eigenvalue weighted by atomic mass is 16.5. The molecular weight excluding hydrogens is 334 g/mol. The molecule has 0 saturated heterocycles. The predicted octanol–water partition coefficient (Wildman–Crippen LogP) is 3.05. The van der Waals surface area contributed by atoms with E-state index in [-0.39, 0.29) is 12.5 Å². The molecule has 6 heteroatoms. The second-order valence-corrected chi connectivity index (χ2v) is 5.84. The highest BCUT2D eigenvalue weighted by Gasteiger charge is 2.12. The number of rotatable bonds is 5. The van der Waals surface area contributed by atoms with Gasteiger partial charge in [-0.15, -0.1) is 0 Å². The van der Waals surface area contributed by atoms with E-state index in [2.05, 4.69) is 5.32 Å². The number of amides is 1. The molecule has 1 heterocycles. The van der Waals surface area contributed by atoms with Crippen LogP contribution in [0.15, 0.2) is 51.7 Å².